The molecule has 0 radical (unpaired) electrons. The maximum absolute atomic E-state index is 5.98. The topological polar surface area (TPSA) is 35.0 Å². The predicted molar refractivity (Wildman–Crippen MR) is 69.9 cm³/mol. The van der Waals surface area contributed by atoms with Gasteiger partial charge in [0, 0.05) is 11.3 Å². The quantitative estimate of drug-likeness (QED) is 0.780. The first-order valence-corrected chi connectivity index (χ1v) is 6.71. The molecule has 0 fully saturated rings. The number of rotatable bonds is 5. The van der Waals surface area contributed by atoms with E-state index in [4.69, 9.17) is 16.3 Å². The highest BCUT2D eigenvalue weighted by molar-refractivity contribution is 7.09. The molecule has 0 atom stereocenters. The van der Waals surface area contributed by atoms with Gasteiger partial charge in [-0.1, -0.05) is 24.6 Å². The molecule has 0 saturated heterocycles. The molecule has 5 heteroatoms. The van der Waals surface area contributed by atoms with Crippen LogP contribution in [0.2, 0.25) is 5.15 Å². The summed E-state index contributed by atoms with van der Waals surface area (Å²) in [5.41, 5.74) is 0.875. The molecule has 0 aliphatic rings. The van der Waals surface area contributed by atoms with E-state index in [9.17, 15) is 0 Å². The molecular weight excluding hydrogens is 256 g/mol. The van der Waals surface area contributed by atoms with E-state index in [0.29, 0.717) is 17.6 Å². The predicted octanol–water partition coefficient (Wildman–Crippen LogP) is 3.38. The average molecular weight is 269 g/mol. The molecule has 90 valence electrons. The zero-order valence-electron chi connectivity index (χ0n) is 9.52. The summed E-state index contributed by atoms with van der Waals surface area (Å²) in [5, 5.41) is 2.54. The third-order valence-electron chi connectivity index (χ3n) is 2.37. The van der Waals surface area contributed by atoms with Gasteiger partial charge >= 0.3 is 0 Å². The lowest BCUT2D eigenvalue weighted by molar-refractivity contribution is 0.306. The molecule has 0 spiro atoms. The Labute approximate surface area is 109 Å². The molecule has 0 aliphatic heterocycles. The Morgan fingerprint density at radius 2 is 2.29 bits per heavy atom. The van der Waals surface area contributed by atoms with Crippen molar-refractivity contribution in [3.8, 4) is 5.88 Å². The van der Waals surface area contributed by atoms with Gasteiger partial charge in [-0.2, -0.15) is 0 Å². The number of thiophene rings is 1. The minimum Gasteiger partial charge on any atom is -0.477 e. The highest BCUT2D eigenvalue weighted by Gasteiger charge is 2.08. The summed E-state index contributed by atoms with van der Waals surface area (Å²) in [6.45, 7) is 2.62. The van der Waals surface area contributed by atoms with Crippen molar-refractivity contribution < 1.29 is 4.74 Å². The Balaban J connectivity index is 1.97. The van der Waals surface area contributed by atoms with Gasteiger partial charge in [0.2, 0.25) is 5.88 Å². The summed E-state index contributed by atoms with van der Waals surface area (Å²) < 4.78 is 5.65. The van der Waals surface area contributed by atoms with Crippen LogP contribution < -0.4 is 4.74 Å². The third kappa shape index (κ3) is 3.17. The van der Waals surface area contributed by atoms with Crippen LogP contribution >= 0.6 is 22.9 Å². The minimum atomic E-state index is 0.480. The van der Waals surface area contributed by atoms with Gasteiger partial charge in [-0.05, 0) is 17.9 Å². The minimum absolute atomic E-state index is 0.480. The molecule has 2 aromatic rings. The molecular formula is C12H13ClN2OS. The highest BCUT2D eigenvalue weighted by Crippen LogP contribution is 2.22. The van der Waals surface area contributed by atoms with Gasteiger partial charge in [-0.15, -0.1) is 11.3 Å². The van der Waals surface area contributed by atoms with E-state index >= 15 is 0 Å². The van der Waals surface area contributed by atoms with Crippen LogP contribution in [0.15, 0.2) is 23.8 Å². The fourth-order valence-electron chi connectivity index (χ4n) is 1.50. The van der Waals surface area contributed by atoms with Crippen molar-refractivity contribution in [2.24, 2.45) is 0 Å². The van der Waals surface area contributed by atoms with Crippen LogP contribution in [0.1, 0.15) is 17.4 Å². The SMILES string of the molecule is CCc1c(Cl)ncnc1OCCc1cccs1. The normalized spacial score (nSPS) is 10.5. The number of hydrogen-bond acceptors (Lipinski definition) is 4. The number of nitrogens with zero attached hydrogens (tertiary/aromatic N) is 2. The number of ether oxygens (including phenoxy) is 1. The largest absolute Gasteiger partial charge is 0.477 e. The lowest BCUT2D eigenvalue weighted by Gasteiger charge is -2.08. The summed E-state index contributed by atoms with van der Waals surface area (Å²) in [6, 6.07) is 4.14. The van der Waals surface area contributed by atoms with E-state index in [2.05, 4.69) is 21.4 Å². The second-order valence-corrected chi connectivity index (χ2v) is 4.87. The summed E-state index contributed by atoms with van der Waals surface area (Å²) in [5.74, 6) is 0.601. The molecule has 0 saturated carbocycles. The molecule has 0 bridgehead atoms. The molecule has 2 aromatic heterocycles. The van der Waals surface area contributed by atoms with Crippen molar-refractivity contribution in [2.75, 3.05) is 6.61 Å². The summed E-state index contributed by atoms with van der Waals surface area (Å²) in [6.07, 6.45) is 3.10. The van der Waals surface area contributed by atoms with Crippen LogP contribution in [0.5, 0.6) is 5.88 Å². The Bertz CT molecular complexity index is 473. The van der Waals surface area contributed by atoms with Gasteiger partial charge in [0.05, 0.1) is 12.2 Å². The number of aromatic nitrogens is 2. The summed E-state index contributed by atoms with van der Waals surface area (Å²) in [4.78, 5) is 9.37. The van der Waals surface area contributed by atoms with Crippen LogP contribution in [0.4, 0.5) is 0 Å². The van der Waals surface area contributed by atoms with Crippen LogP contribution in [0, 0.1) is 0 Å². The maximum atomic E-state index is 5.98. The van der Waals surface area contributed by atoms with Gasteiger partial charge in [0.15, 0.2) is 0 Å². The zero-order chi connectivity index (χ0) is 12.1. The van der Waals surface area contributed by atoms with E-state index in [0.717, 1.165) is 18.4 Å². The molecule has 0 N–H and O–H groups in total. The summed E-state index contributed by atoms with van der Waals surface area (Å²) >= 11 is 7.71. The van der Waals surface area contributed by atoms with Crippen molar-refractivity contribution in [1.82, 2.24) is 9.97 Å². The first-order valence-electron chi connectivity index (χ1n) is 5.45. The van der Waals surface area contributed by atoms with Gasteiger partial charge in [-0.3, -0.25) is 0 Å². The van der Waals surface area contributed by atoms with Crippen molar-refractivity contribution in [3.63, 3.8) is 0 Å². The number of halogens is 1. The van der Waals surface area contributed by atoms with Gasteiger partial charge in [0.25, 0.3) is 0 Å². The van der Waals surface area contributed by atoms with E-state index < -0.39 is 0 Å². The maximum Gasteiger partial charge on any atom is 0.221 e. The molecule has 3 nitrogen and oxygen atoms in total. The smallest absolute Gasteiger partial charge is 0.221 e. The third-order valence-corrected chi connectivity index (χ3v) is 3.64. The standard InChI is InChI=1S/C12H13ClN2OS/c1-2-10-11(13)14-8-15-12(10)16-6-5-9-4-3-7-17-9/h3-4,7-8H,2,5-6H2,1H3. The molecule has 2 rings (SSSR count). The summed E-state index contributed by atoms with van der Waals surface area (Å²) in [7, 11) is 0. The molecule has 17 heavy (non-hydrogen) atoms. The van der Waals surface area contributed by atoms with Crippen LogP contribution in [0.3, 0.4) is 0 Å². The monoisotopic (exact) mass is 268 g/mol. The zero-order valence-corrected chi connectivity index (χ0v) is 11.1. The molecule has 0 amide bonds. The van der Waals surface area contributed by atoms with Crippen molar-refractivity contribution in [2.45, 2.75) is 19.8 Å². The first-order chi connectivity index (χ1) is 8.31. The van der Waals surface area contributed by atoms with Gasteiger partial charge in [0.1, 0.15) is 11.5 Å². The average Bonchev–Trinajstić information content (AvgIpc) is 2.82. The van der Waals surface area contributed by atoms with E-state index in [1.54, 1.807) is 11.3 Å². The highest BCUT2D eigenvalue weighted by atomic mass is 35.5. The second-order valence-electron chi connectivity index (χ2n) is 3.48. The molecule has 2 heterocycles. The van der Waals surface area contributed by atoms with E-state index in [1.807, 2.05) is 13.0 Å². The van der Waals surface area contributed by atoms with E-state index in [-0.39, 0.29) is 0 Å². The Hall–Kier alpha value is -1.13. The second kappa shape index (κ2) is 5.98. The number of hydrogen-bond donors (Lipinski definition) is 0. The van der Waals surface area contributed by atoms with Gasteiger partial charge < -0.3 is 4.74 Å². The molecule has 0 unspecified atom stereocenters. The van der Waals surface area contributed by atoms with Gasteiger partial charge in [-0.25, -0.2) is 9.97 Å². The Morgan fingerprint density at radius 3 is 3.00 bits per heavy atom. The van der Waals surface area contributed by atoms with Crippen molar-refractivity contribution in [3.05, 3.63) is 39.4 Å². The van der Waals surface area contributed by atoms with E-state index in [1.165, 1.54) is 11.2 Å². The molecule has 0 aliphatic carbocycles. The van der Waals surface area contributed by atoms with Crippen LogP contribution in [-0.2, 0) is 12.8 Å². The fraction of sp³-hybridized carbons (Fsp3) is 0.333. The Kier molecular flexibility index (Phi) is 4.34. The van der Waals surface area contributed by atoms with Crippen molar-refractivity contribution in [1.29, 1.82) is 0 Å². The first kappa shape index (κ1) is 12.3. The Morgan fingerprint density at radius 1 is 1.41 bits per heavy atom. The van der Waals surface area contributed by atoms with Crippen molar-refractivity contribution >= 4 is 22.9 Å². The van der Waals surface area contributed by atoms with Crippen LogP contribution in [-0.4, -0.2) is 16.6 Å². The lowest BCUT2D eigenvalue weighted by atomic mass is 10.2. The lowest BCUT2D eigenvalue weighted by Crippen LogP contribution is -2.05. The fourth-order valence-corrected chi connectivity index (χ4v) is 2.45. The van der Waals surface area contributed by atoms with Crippen LogP contribution in [0.25, 0.3) is 0 Å². The molecule has 0 aromatic carbocycles.